The summed E-state index contributed by atoms with van der Waals surface area (Å²) in [6.07, 6.45) is 0. The highest BCUT2D eigenvalue weighted by molar-refractivity contribution is 5.42. The highest BCUT2D eigenvalue weighted by Crippen LogP contribution is 2.28. The van der Waals surface area contributed by atoms with E-state index in [4.69, 9.17) is 0 Å². The van der Waals surface area contributed by atoms with E-state index in [0.29, 0.717) is 5.56 Å². The van der Waals surface area contributed by atoms with E-state index in [0.717, 1.165) is 34.4 Å². The predicted octanol–water partition coefficient (Wildman–Crippen LogP) is 4.34. The average Bonchev–Trinajstić information content (AvgIpc) is 2.42. The van der Waals surface area contributed by atoms with Gasteiger partial charge in [-0.15, -0.1) is 0 Å². The molecule has 1 N–H and O–H groups in total. The van der Waals surface area contributed by atoms with Crippen LogP contribution in [-0.2, 0) is 0 Å². The van der Waals surface area contributed by atoms with Crippen molar-refractivity contribution in [3.8, 4) is 0 Å². The Morgan fingerprint density at radius 1 is 0.810 bits per heavy atom. The van der Waals surface area contributed by atoms with Crippen LogP contribution < -0.4 is 5.32 Å². The fraction of sp³-hybridized carbons (Fsp3) is 0.294. The predicted molar refractivity (Wildman–Crippen MR) is 77.9 cm³/mol. The topological polar surface area (TPSA) is 12.0 Å². The van der Waals surface area contributed by atoms with Gasteiger partial charge in [-0.25, -0.2) is 13.2 Å². The first kappa shape index (κ1) is 15.6. The van der Waals surface area contributed by atoms with Crippen LogP contribution in [0.4, 0.5) is 13.2 Å². The second-order valence-electron chi connectivity index (χ2n) is 5.31. The summed E-state index contributed by atoms with van der Waals surface area (Å²) in [5, 5.41) is 3.04. The molecule has 2 aromatic carbocycles. The van der Waals surface area contributed by atoms with Crippen molar-refractivity contribution in [1.29, 1.82) is 0 Å². The summed E-state index contributed by atoms with van der Waals surface area (Å²) in [6, 6.07) is 5.70. The van der Waals surface area contributed by atoms with Gasteiger partial charge < -0.3 is 5.32 Å². The number of hydrogen-bond donors (Lipinski definition) is 1. The SMILES string of the molecule is CNC(c1cc(F)c(F)c(F)c1)c1cc(C)c(C)cc1C. The van der Waals surface area contributed by atoms with Gasteiger partial charge in [0.1, 0.15) is 0 Å². The maximum atomic E-state index is 13.5. The molecule has 0 aliphatic heterocycles. The lowest BCUT2D eigenvalue weighted by molar-refractivity contribution is 0.443. The lowest BCUT2D eigenvalue weighted by Gasteiger charge is -2.21. The van der Waals surface area contributed by atoms with Gasteiger partial charge in [-0.1, -0.05) is 12.1 Å². The zero-order valence-electron chi connectivity index (χ0n) is 12.5. The highest BCUT2D eigenvalue weighted by atomic mass is 19.2. The maximum absolute atomic E-state index is 13.5. The Morgan fingerprint density at radius 2 is 1.33 bits per heavy atom. The van der Waals surface area contributed by atoms with Crippen LogP contribution in [-0.4, -0.2) is 7.05 Å². The average molecular weight is 293 g/mol. The van der Waals surface area contributed by atoms with Gasteiger partial charge in [-0.3, -0.25) is 0 Å². The fourth-order valence-corrected chi connectivity index (χ4v) is 2.54. The second kappa shape index (κ2) is 5.90. The number of benzene rings is 2. The van der Waals surface area contributed by atoms with Gasteiger partial charge in [0.2, 0.25) is 0 Å². The smallest absolute Gasteiger partial charge is 0.194 e. The summed E-state index contributed by atoms with van der Waals surface area (Å²) in [5.74, 6) is -3.79. The highest BCUT2D eigenvalue weighted by Gasteiger charge is 2.19. The van der Waals surface area contributed by atoms with E-state index >= 15 is 0 Å². The Bertz CT molecular complexity index is 657. The molecule has 4 heteroatoms. The molecule has 0 saturated carbocycles. The molecule has 1 atom stereocenters. The summed E-state index contributed by atoms with van der Waals surface area (Å²) in [6.45, 7) is 5.94. The molecule has 2 rings (SSSR count). The minimum Gasteiger partial charge on any atom is -0.309 e. The molecule has 0 aromatic heterocycles. The molecule has 21 heavy (non-hydrogen) atoms. The lowest BCUT2D eigenvalue weighted by Crippen LogP contribution is -2.19. The van der Waals surface area contributed by atoms with Crippen molar-refractivity contribution in [2.24, 2.45) is 0 Å². The summed E-state index contributed by atoms with van der Waals surface area (Å²) in [4.78, 5) is 0. The van der Waals surface area contributed by atoms with E-state index in [9.17, 15) is 13.2 Å². The van der Waals surface area contributed by atoms with Crippen molar-refractivity contribution in [3.63, 3.8) is 0 Å². The molecule has 0 aliphatic rings. The van der Waals surface area contributed by atoms with Crippen molar-refractivity contribution in [3.05, 3.63) is 69.5 Å². The van der Waals surface area contributed by atoms with Crippen LogP contribution in [0.5, 0.6) is 0 Å². The van der Waals surface area contributed by atoms with Crippen LogP contribution in [0.2, 0.25) is 0 Å². The second-order valence-corrected chi connectivity index (χ2v) is 5.31. The van der Waals surface area contributed by atoms with E-state index in [1.165, 1.54) is 0 Å². The standard InChI is InChI=1S/C17H18F3N/c1-9-5-11(3)13(6-10(9)2)17(21-4)12-7-14(18)16(20)15(19)8-12/h5-8,17,21H,1-4H3. The van der Waals surface area contributed by atoms with E-state index in [2.05, 4.69) is 5.32 Å². The van der Waals surface area contributed by atoms with Crippen molar-refractivity contribution in [1.82, 2.24) is 5.32 Å². The molecule has 112 valence electrons. The van der Waals surface area contributed by atoms with Crippen LogP contribution in [0.3, 0.4) is 0 Å². The first-order valence-corrected chi connectivity index (χ1v) is 6.74. The first-order valence-electron chi connectivity index (χ1n) is 6.74. The molecule has 2 aromatic rings. The maximum Gasteiger partial charge on any atom is 0.194 e. The van der Waals surface area contributed by atoms with Gasteiger partial charge in [0.15, 0.2) is 17.5 Å². The summed E-state index contributed by atoms with van der Waals surface area (Å²) < 4.78 is 40.0. The molecular formula is C17H18F3N. The third-order valence-electron chi connectivity index (χ3n) is 3.82. The van der Waals surface area contributed by atoms with Crippen molar-refractivity contribution in [2.45, 2.75) is 26.8 Å². The molecule has 0 bridgehead atoms. The zero-order valence-corrected chi connectivity index (χ0v) is 12.5. The van der Waals surface area contributed by atoms with Crippen molar-refractivity contribution in [2.75, 3.05) is 7.05 Å². The van der Waals surface area contributed by atoms with Crippen molar-refractivity contribution >= 4 is 0 Å². The molecule has 0 amide bonds. The number of rotatable bonds is 3. The first-order chi connectivity index (χ1) is 9.85. The van der Waals surface area contributed by atoms with E-state index in [1.54, 1.807) is 7.05 Å². The van der Waals surface area contributed by atoms with Crippen molar-refractivity contribution < 1.29 is 13.2 Å². The summed E-state index contributed by atoms with van der Waals surface area (Å²) in [5.41, 5.74) is 4.55. The minimum absolute atomic E-state index is 0.361. The summed E-state index contributed by atoms with van der Waals surface area (Å²) in [7, 11) is 1.71. The lowest BCUT2D eigenvalue weighted by atomic mass is 9.91. The molecule has 0 saturated heterocycles. The fourth-order valence-electron chi connectivity index (χ4n) is 2.54. The molecule has 0 radical (unpaired) electrons. The molecule has 0 spiro atoms. The zero-order chi connectivity index (χ0) is 15.7. The molecule has 1 unspecified atom stereocenters. The van der Waals surface area contributed by atoms with Gasteiger partial charge in [0.25, 0.3) is 0 Å². The summed E-state index contributed by atoms with van der Waals surface area (Å²) >= 11 is 0. The van der Waals surface area contributed by atoms with Crippen LogP contribution in [0.1, 0.15) is 33.9 Å². The Hall–Kier alpha value is -1.81. The Balaban J connectivity index is 2.57. The third kappa shape index (κ3) is 2.95. The van der Waals surface area contributed by atoms with Crippen LogP contribution >= 0.6 is 0 Å². The molecular weight excluding hydrogens is 275 g/mol. The van der Waals surface area contributed by atoms with Crippen LogP contribution in [0, 0.1) is 38.2 Å². The molecule has 0 heterocycles. The Morgan fingerprint density at radius 3 is 1.86 bits per heavy atom. The number of aryl methyl sites for hydroxylation is 3. The van der Waals surface area contributed by atoms with E-state index < -0.39 is 23.5 Å². The van der Waals surface area contributed by atoms with E-state index in [-0.39, 0.29) is 0 Å². The largest absolute Gasteiger partial charge is 0.309 e. The molecule has 0 fully saturated rings. The number of hydrogen-bond acceptors (Lipinski definition) is 1. The Labute approximate surface area is 122 Å². The third-order valence-corrected chi connectivity index (χ3v) is 3.82. The molecule has 0 aliphatic carbocycles. The van der Waals surface area contributed by atoms with Crippen LogP contribution in [0.25, 0.3) is 0 Å². The number of halogens is 3. The van der Waals surface area contributed by atoms with Gasteiger partial charge >= 0.3 is 0 Å². The Kier molecular flexibility index (Phi) is 4.37. The van der Waals surface area contributed by atoms with Gasteiger partial charge in [-0.05, 0) is 67.8 Å². The van der Waals surface area contributed by atoms with E-state index in [1.807, 2.05) is 32.9 Å². The normalized spacial score (nSPS) is 12.5. The minimum atomic E-state index is -1.44. The van der Waals surface area contributed by atoms with Gasteiger partial charge in [-0.2, -0.15) is 0 Å². The number of nitrogens with one attached hydrogen (secondary N) is 1. The van der Waals surface area contributed by atoms with Crippen LogP contribution in [0.15, 0.2) is 24.3 Å². The monoisotopic (exact) mass is 293 g/mol. The van der Waals surface area contributed by atoms with Gasteiger partial charge in [0, 0.05) is 0 Å². The quantitative estimate of drug-likeness (QED) is 0.830. The molecule has 1 nitrogen and oxygen atoms in total. The van der Waals surface area contributed by atoms with Gasteiger partial charge in [0.05, 0.1) is 6.04 Å².